The van der Waals surface area contributed by atoms with E-state index in [1.54, 1.807) is 12.0 Å². The van der Waals surface area contributed by atoms with Gasteiger partial charge in [0.2, 0.25) is 0 Å². The average Bonchev–Trinajstić information content (AvgIpc) is 3.07. The van der Waals surface area contributed by atoms with Gasteiger partial charge in [-0.2, -0.15) is 0 Å². The molecule has 1 aliphatic heterocycles. The molecule has 2 aliphatic rings. The Balaban J connectivity index is 1.48. The topological polar surface area (TPSA) is 50.8 Å². The summed E-state index contributed by atoms with van der Waals surface area (Å²) in [4.78, 5) is 14.7. The minimum absolute atomic E-state index is 0.0496. The molecule has 4 rings (SSSR count). The Hall–Kier alpha value is -2.38. The van der Waals surface area contributed by atoms with Crippen molar-refractivity contribution < 1.29 is 14.3 Å². The number of halogens is 1. The van der Waals surface area contributed by atoms with Gasteiger partial charge in [-0.05, 0) is 66.5 Å². The molecule has 162 valence electrons. The number of carbonyl (C=O) groups excluding carboxylic acids is 1. The van der Waals surface area contributed by atoms with Crippen molar-refractivity contribution in [1.82, 2.24) is 10.2 Å². The third-order valence-corrected chi connectivity index (χ3v) is 6.48. The molecule has 0 bridgehead atoms. The van der Waals surface area contributed by atoms with Gasteiger partial charge in [0.25, 0.3) is 5.91 Å². The highest BCUT2D eigenvalue weighted by Gasteiger charge is 2.36. The van der Waals surface area contributed by atoms with Gasteiger partial charge in [0.05, 0.1) is 7.11 Å². The van der Waals surface area contributed by atoms with Gasteiger partial charge in [-0.3, -0.25) is 9.69 Å². The van der Waals surface area contributed by atoms with Gasteiger partial charge in [0, 0.05) is 10.5 Å². The minimum atomic E-state index is -0.0496. The summed E-state index contributed by atoms with van der Waals surface area (Å²) in [5.74, 6) is 1.22. The zero-order valence-corrected chi connectivity index (χ0v) is 19.8. The SMILES string of the molecule is COc1cc(/C=C2\NC(=S)N(C3CCCCC3)C2=O)ccc1OCc1ccc(Br)cc1. The van der Waals surface area contributed by atoms with E-state index in [4.69, 9.17) is 21.7 Å². The molecule has 2 fully saturated rings. The second-order valence-electron chi connectivity index (χ2n) is 7.78. The quantitative estimate of drug-likeness (QED) is 0.423. The summed E-state index contributed by atoms with van der Waals surface area (Å²) in [6, 6.07) is 13.8. The molecular weight excluding hydrogens is 476 g/mol. The fraction of sp³-hybridized carbons (Fsp3) is 0.333. The van der Waals surface area contributed by atoms with Crippen molar-refractivity contribution >= 4 is 45.2 Å². The Morgan fingerprint density at radius 2 is 1.87 bits per heavy atom. The first kappa shape index (κ1) is 21.8. The molecule has 7 heteroatoms. The molecule has 0 atom stereocenters. The predicted octanol–water partition coefficient (Wildman–Crippen LogP) is 5.43. The van der Waals surface area contributed by atoms with Gasteiger partial charge in [0.15, 0.2) is 16.6 Å². The van der Waals surface area contributed by atoms with Crippen molar-refractivity contribution in [2.45, 2.75) is 44.8 Å². The van der Waals surface area contributed by atoms with Crippen molar-refractivity contribution in [3.8, 4) is 11.5 Å². The number of hydrogen-bond donors (Lipinski definition) is 1. The van der Waals surface area contributed by atoms with E-state index < -0.39 is 0 Å². The van der Waals surface area contributed by atoms with Gasteiger partial charge in [-0.25, -0.2) is 0 Å². The van der Waals surface area contributed by atoms with E-state index >= 15 is 0 Å². The fourth-order valence-electron chi connectivity index (χ4n) is 4.02. The maximum Gasteiger partial charge on any atom is 0.276 e. The molecule has 0 radical (unpaired) electrons. The lowest BCUT2D eigenvalue weighted by Gasteiger charge is -2.29. The van der Waals surface area contributed by atoms with Crippen LogP contribution >= 0.6 is 28.1 Å². The normalized spacial score (nSPS) is 18.4. The predicted molar refractivity (Wildman–Crippen MR) is 129 cm³/mol. The van der Waals surface area contributed by atoms with Crippen molar-refractivity contribution in [3.63, 3.8) is 0 Å². The van der Waals surface area contributed by atoms with E-state index in [2.05, 4.69) is 21.2 Å². The average molecular weight is 501 g/mol. The van der Waals surface area contributed by atoms with E-state index in [1.165, 1.54) is 6.42 Å². The number of nitrogens with one attached hydrogen (secondary N) is 1. The van der Waals surface area contributed by atoms with Gasteiger partial charge in [-0.1, -0.05) is 53.4 Å². The van der Waals surface area contributed by atoms with Gasteiger partial charge in [-0.15, -0.1) is 0 Å². The summed E-state index contributed by atoms with van der Waals surface area (Å²) in [6.45, 7) is 0.439. The van der Waals surface area contributed by atoms with Crippen LogP contribution in [0.25, 0.3) is 6.08 Å². The highest BCUT2D eigenvalue weighted by Crippen LogP contribution is 2.31. The summed E-state index contributed by atoms with van der Waals surface area (Å²) in [5.41, 5.74) is 2.41. The summed E-state index contributed by atoms with van der Waals surface area (Å²) >= 11 is 8.89. The lowest BCUT2D eigenvalue weighted by atomic mass is 9.94. The van der Waals surface area contributed by atoms with Crippen LogP contribution in [0.3, 0.4) is 0 Å². The fourth-order valence-corrected chi connectivity index (χ4v) is 4.63. The van der Waals surface area contributed by atoms with Crippen LogP contribution in [-0.4, -0.2) is 29.1 Å². The Morgan fingerprint density at radius 1 is 1.13 bits per heavy atom. The maximum atomic E-state index is 13.0. The van der Waals surface area contributed by atoms with Gasteiger partial charge >= 0.3 is 0 Å². The van der Waals surface area contributed by atoms with Crippen LogP contribution in [0.5, 0.6) is 11.5 Å². The molecule has 2 aromatic carbocycles. The number of carbonyl (C=O) groups is 1. The van der Waals surface area contributed by atoms with Crippen LogP contribution in [-0.2, 0) is 11.4 Å². The van der Waals surface area contributed by atoms with Crippen molar-refractivity contribution in [2.24, 2.45) is 0 Å². The summed E-state index contributed by atoms with van der Waals surface area (Å²) in [7, 11) is 1.61. The van der Waals surface area contributed by atoms with Crippen LogP contribution in [0.15, 0.2) is 52.6 Å². The number of rotatable bonds is 6. The molecule has 2 aromatic rings. The Labute approximate surface area is 196 Å². The molecule has 0 unspecified atom stereocenters. The highest BCUT2D eigenvalue weighted by atomic mass is 79.9. The second kappa shape index (κ2) is 9.83. The number of ether oxygens (including phenoxy) is 2. The van der Waals surface area contributed by atoms with Crippen molar-refractivity contribution in [1.29, 1.82) is 0 Å². The number of nitrogens with zero attached hydrogens (tertiary/aromatic N) is 1. The third kappa shape index (κ3) is 5.10. The van der Waals surface area contributed by atoms with E-state index in [9.17, 15) is 4.79 Å². The zero-order valence-electron chi connectivity index (χ0n) is 17.4. The Kier molecular flexibility index (Phi) is 6.92. The second-order valence-corrected chi connectivity index (χ2v) is 9.08. The number of hydrogen-bond acceptors (Lipinski definition) is 4. The summed E-state index contributed by atoms with van der Waals surface area (Å²) in [6.07, 6.45) is 7.37. The van der Waals surface area contributed by atoms with E-state index in [0.29, 0.717) is 28.9 Å². The van der Waals surface area contributed by atoms with Gasteiger partial charge in [0.1, 0.15) is 12.3 Å². The molecular formula is C24H25BrN2O3S. The lowest BCUT2D eigenvalue weighted by Crippen LogP contribution is -2.41. The number of amides is 1. The molecule has 1 amide bonds. The first-order valence-electron chi connectivity index (χ1n) is 10.5. The molecule has 5 nitrogen and oxygen atoms in total. The Bertz CT molecular complexity index is 1000. The number of methoxy groups -OCH3 is 1. The summed E-state index contributed by atoms with van der Waals surface area (Å²) < 4.78 is 12.5. The molecule has 1 saturated carbocycles. The van der Waals surface area contributed by atoms with Crippen LogP contribution in [0, 0.1) is 0 Å². The van der Waals surface area contributed by atoms with Crippen LogP contribution in [0.4, 0.5) is 0 Å². The zero-order chi connectivity index (χ0) is 21.8. The standard InChI is InChI=1S/C24H25BrN2O3S/c1-29-22-14-17(9-12-21(22)30-15-16-7-10-18(25)11-8-16)13-20-23(28)27(24(31)26-20)19-5-3-2-4-6-19/h7-14,19H,2-6,15H2,1H3,(H,26,31)/b20-13-. The number of benzene rings is 2. The number of thiocarbonyl (C=S) groups is 1. The first-order valence-corrected chi connectivity index (χ1v) is 11.7. The third-order valence-electron chi connectivity index (χ3n) is 5.66. The van der Waals surface area contributed by atoms with E-state index in [-0.39, 0.29) is 11.9 Å². The minimum Gasteiger partial charge on any atom is -0.493 e. The Morgan fingerprint density at radius 3 is 2.58 bits per heavy atom. The molecule has 1 aliphatic carbocycles. The monoisotopic (exact) mass is 500 g/mol. The van der Waals surface area contributed by atoms with Crippen LogP contribution < -0.4 is 14.8 Å². The van der Waals surface area contributed by atoms with E-state index in [0.717, 1.165) is 41.3 Å². The largest absolute Gasteiger partial charge is 0.493 e. The van der Waals surface area contributed by atoms with Crippen molar-refractivity contribution in [2.75, 3.05) is 7.11 Å². The molecule has 1 heterocycles. The molecule has 31 heavy (non-hydrogen) atoms. The lowest BCUT2D eigenvalue weighted by molar-refractivity contribution is -0.124. The molecule has 0 aromatic heterocycles. The van der Waals surface area contributed by atoms with Crippen LogP contribution in [0.2, 0.25) is 0 Å². The highest BCUT2D eigenvalue weighted by molar-refractivity contribution is 9.10. The van der Waals surface area contributed by atoms with E-state index in [1.807, 2.05) is 48.5 Å². The van der Waals surface area contributed by atoms with Crippen LogP contribution in [0.1, 0.15) is 43.2 Å². The summed E-state index contributed by atoms with van der Waals surface area (Å²) in [5, 5.41) is 3.60. The molecule has 1 saturated heterocycles. The molecule has 0 spiro atoms. The smallest absolute Gasteiger partial charge is 0.276 e. The maximum absolute atomic E-state index is 13.0. The van der Waals surface area contributed by atoms with Gasteiger partial charge < -0.3 is 14.8 Å². The molecule has 1 N–H and O–H groups in total. The first-order chi connectivity index (χ1) is 15.0. The van der Waals surface area contributed by atoms with Crippen molar-refractivity contribution in [3.05, 3.63) is 63.8 Å².